The van der Waals surface area contributed by atoms with Crippen molar-refractivity contribution in [2.45, 2.75) is 51.9 Å². The molecule has 0 aromatic rings. The van der Waals surface area contributed by atoms with Gasteiger partial charge in [0.2, 0.25) is 0 Å². The second kappa shape index (κ2) is 4.29. The van der Waals surface area contributed by atoms with Crippen molar-refractivity contribution in [1.82, 2.24) is 0 Å². The van der Waals surface area contributed by atoms with Gasteiger partial charge in [-0.3, -0.25) is 4.79 Å². The summed E-state index contributed by atoms with van der Waals surface area (Å²) in [5.41, 5.74) is 1.64. The van der Waals surface area contributed by atoms with Crippen LogP contribution >= 0.6 is 0 Å². The molecule has 0 aliphatic heterocycles. The molecule has 2 rings (SSSR count). The Morgan fingerprint density at radius 1 is 1.36 bits per heavy atom. The number of fused-ring (bicyclic) bond motifs is 2. The molecule has 2 aliphatic carbocycles. The summed E-state index contributed by atoms with van der Waals surface area (Å²) < 4.78 is 0. The van der Waals surface area contributed by atoms with Crippen LogP contribution in [0.5, 0.6) is 0 Å². The summed E-state index contributed by atoms with van der Waals surface area (Å²) in [6.07, 6.45) is 10.5. The van der Waals surface area contributed by atoms with Gasteiger partial charge in [-0.1, -0.05) is 25.0 Å². The van der Waals surface area contributed by atoms with Crippen molar-refractivity contribution in [3.63, 3.8) is 0 Å². The molecule has 1 saturated carbocycles. The van der Waals surface area contributed by atoms with Crippen LogP contribution < -0.4 is 0 Å². The minimum absolute atomic E-state index is 0.497. The van der Waals surface area contributed by atoms with Gasteiger partial charge in [-0.25, -0.2) is 0 Å². The van der Waals surface area contributed by atoms with Gasteiger partial charge in [-0.05, 0) is 37.5 Å². The maximum atomic E-state index is 11.4. The van der Waals surface area contributed by atoms with Crippen molar-refractivity contribution in [1.29, 1.82) is 0 Å². The Morgan fingerprint density at radius 3 is 2.93 bits per heavy atom. The first-order valence-electron chi connectivity index (χ1n) is 5.99. The van der Waals surface area contributed by atoms with Gasteiger partial charge in [0.15, 0.2) is 0 Å². The molecule has 0 saturated heterocycles. The van der Waals surface area contributed by atoms with Gasteiger partial charge < -0.3 is 0 Å². The lowest BCUT2D eigenvalue weighted by molar-refractivity contribution is -0.122. The van der Waals surface area contributed by atoms with Gasteiger partial charge >= 0.3 is 0 Å². The Kier molecular flexibility index (Phi) is 3.05. The van der Waals surface area contributed by atoms with Crippen LogP contribution in [-0.4, -0.2) is 5.78 Å². The molecule has 14 heavy (non-hydrogen) atoms. The number of rotatable bonds is 3. The van der Waals surface area contributed by atoms with E-state index < -0.39 is 0 Å². The highest BCUT2D eigenvalue weighted by Crippen LogP contribution is 2.38. The average Bonchev–Trinajstić information content (AvgIpc) is 2.12. The molecule has 0 heterocycles. The quantitative estimate of drug-likeness (QED) is 0.625. The minimum Gasteiger partial charge on any atom is -0.300 e. The molecule has 0 N–H and O–H groups in total. The van der Waals surface area contributed by atoms with E-state index in [1.165, 1.54) is 32.1 Å². The van der Waals surface area contributed by atoms with E-state index in [4.69, 9.17) is 0 Å². The van der Waals surface area contributed by atoms with E-state index in [0.29, 0.717) is 17.6 Å². The molecular weight excluding hydrogens is 172 g/mol. The summed E-state index contributed by atoms with van der Waals surface area (Å²) in [5.74, 6) is 1.79. The number of hydrogen-bond donors (Lipinski definition) is 0. The minimum atomic E-state index is 0.497. The fraction of sp³-hybridized carbons (Fsp3) is 0.769. The Morgan fingerprint density at radius 2 is 2.21 bits per heavy atom. The van der Waals surface area contributed by atoms with Gasteiger partial charge in [0.05, 0.1) is 0 Å². The number of carbonyl (C=O) groups excluding carboxylic acids is 1. The molecule has 1 fully saturated rings. The van der Waals surface area contributed by atoms with E-state index in [1.54, 1.807) is 5.57 Å². The number of hydrogen-bond acceptors (Lipinski definition) is 1. The van der Waals surface area contributed by atoms with Crippen LogP contribution in [0, 0.1) is 11.8 Å². The topological polar surface area (TPSA) is 17.1 Å². The number of Topliss-reactive ketones (excluding diaryl/α,β-unsaturated/α-hetero) is 1. The van der Waals surface area contributed by atoms with Crippen LogP contribution in [-0.2, 0) is 4.79 Å². The van der Waals surface area contributed by atoms with Crippen LogP contribution in [0.4, 0.5) is 0 Å². The highest BCUT2D eigenvalue weighted by molar-refractivity contribution is 5.80. The first kappa shape index (κ1) is 9.95. The first-order chi connectivity index (χ1) is 6.78. The Hall–Kier alpha value is -0.590. The molecular formula is C13H20O. The highest BCUT2D eigenvalue weighted by Gasteiger charge is 2.30. The molecule has 1 heteroatoms. The summed E-state index contributed by atoms with van der Waals surface area (Å²) >= 11 is 0. The molecule has 0 amide bonds. The van der Waals surface area contributed by atoms with Gasteiger partial charge in [0.1, 0.15) is 5.78 Å². The second-order valence-corrected chi connectivity index (χ2v) is 4.94. The zero-order valence-electron chi connectivity index (χ0n) is 9.09. The lowest BCUT2D eigenvalue weighted by Gasteiger charge is -2.32. The number of allylic oxidation sites excluding steroid dienone is 2. The standard InChI is InChI=1S/C13H20O/c1-2-3-4-10-5-11-7-12(6-10)9-13(14)8-11/h5,11-12H,2-4,6-9H2,1H3/t11-,12+/m1/s1. The SMILES string of the molecule is CCCCC1=C[C@H]2CC(=O)C[C@@H](C1)C2. The van der Waals surface area contributed by atoms with Gasteiger partial charge in [-0.15, -0.1) is 0 Å². The Bertz CT molecular complexity index is 252. The molecule has 0 aromatic heterocycles. The summed E-state index contributed by atoms with van der Waals surface area (Å²) in [7, 11) is 0. The predicted molar refractivity (Wildman–Crippen MR) is 58.1 cm³/mol. The summed E-state index contributed by atoms with van der Waals surface area (Å²) in [6, 6.07) is 0. The molecule has 2 bridgehead atoms. The van der Waals surface area contributed by atoms with Crippen LogP contribution in [0.15, 0.2) is 11.6 Å². The number of ketones is 1. The maximum Gasteiger partial charge on any atom is 0.133 e. The van der Waals surface area contributed by atoms with Crippen molar-refractivity contribution in [2.75, 3.05) is 0 Å². The van der Waals surface area contributed by atoms with E-state index in [9.17, 15) is 4.79 Å². The first-order valence-corrected chi connectivity index (χ1v) is 5.99. The maximum absolute atomic E-state index is 11.4. The fourth-order valence-corrected chi connectivity index (χ4v) is 2.94. The van der Waals surface area contributed by atoms with E-state index in [0.717, 1.165) is 12.8 Å². The highest BCUT2D eigenvalue weighted by atomic mass is 16.1. The molecule has 0 aromatic carbocycles. The number of carbonyl (C=O) groups is 1. The molecule has 0 radical (unpaired) electrons. The van der Waals surface area contributed by atoms with Gasteiger partial charge in [0.25, 0.3) is 0 Å². The van der Waals surface area contributed by atoms with Crippen LogP contribution in [0.3, 0.4) is 0 Å². The normalized spacial score (nSPS) is 31.5. The third-order valence-corrected chi connectivity index (χ3v) is 3.52. The summed E-state index contributed by atoms with van der Waals surface area (Å²) in [6.45, 7) is 2.24. The van der Waals surface area contributed by atoms with Crippen molar-refractivity contribution in [3.8, 4) is 0 Å². The van der Waals surface area contributed by atoms with E-state index in [-0.39, 0.29) is 0 Å². The van der Waals surface area contributed by atoms with E-state index >= 15 is 0 Å². The number of unbranched alkanes of at least 4 members (excludes halogenated alkanes) is 1. The zero-order chi connectivity index (χ0) is 9.97. The predicted octanol–water partition coefficient (Wildman–Crippen LogP) is 3.49. The monoisotopic (exact) mass is 192 g/mol. The smallest absolute Gasteiger partial charge is 0.133 e. The fourth-order valence-electron chi connectivity index (χ4n) is 2.94. The Labute approximate surface area is 86.6 Å². The van der Waals surface area contributed by atoms with Crippen LogP contribution in [0.25, 0.3) is 0 Å². The summed E-state index contributed by atoms with van der Waals surface area (Å²) in [5, 5.41) is 0. The van der Waals surface area contributed by atoms with Crippen molar-refractivity contribution in [2.24, 2.45) is 11.8 Å². The second-order valence-electron chi connectivity index (χ2n) is 4.94. The van der Waals surface area contributed by atoms with Crippen molar-refractivity contribution >= 4 is 5.78 Å². The van der Waals surface area contributed by atoms with Crippen molar-refractivity contribution in [3.05, 3.63) is 11.6 Å². The molecule has 1 nitrogen and oxygen atoms in total. The van der Waals surface area contributed by atoms with Crippen molar-refractivity contribution < 1.29 is 4.79 Å². The summed E-state index contributed by atoms with van der Waals surface area (Å²) in [4.78, 5) is 11.4. The lowest BCUT2D eigenvalue weighted by Crippen LogP contribution is -2.25. The van der Waals surface area contributed by atoms with E-state index in [1.807, 2.05) is 0 Å². The molecule has 0 spiro atoms. The van der Waals surface area contributed by atoms with Gasteiger partial charge in [-0.2, -0.15) is 0 Å². The van der Waals surface area contributed by atoms with Crippen LogP contribution in [0.1, 0.15) is 51.9 Å². The largest absolute Gasteiger partial charge is 0.300 e. The zero-order valence-corrected chi connectivity index (χ0v) is 9.09. The Balaban J connectivity index is 1.98. The molecule has 2 atom stereocenters. The molecule has 78 valence electrons. The molecule has 2 aliphatic rings. The lowest BCUT2D eigenvalue weighted by atomic mass is 9.72. The van der Waals surface area contributed by atoms with Gasteiger partial charge in [0, 0.05) is 12.8 Å². The third-order valence-electron chi connectivity index (χ3n) is 3.52. The average molecular weight is 192 g/mol. The third kappa shape index (κ3) is 2.26. The van der Waals surface area contributed by atoms with Crippen LogP contribution in [0.2, 0.25) is 0 Å². The van der Waals surface area contributed by atoms with E-state index in [2.05, 4.69) is 13.0 Å². The molecule has 0 unspecified atom stereocenters.